The van der Waals surface area contributed by atoms with Crippen LogP contribution in [0.4, 0.5) is 10.1 Å². The maximum atomic E-state index is 14.1. The van der Waals surface area contributed by atoms with Crippen LogP contribution in [0.25, 0.3) is 0 Å². The molecule has 0 amide bonds. The summed E-state index contributed by atoms with van der Waals surface area (Å²) in [4.78, 5) is 0.0198. The third-order valence-electron chi connectivity index (χ3n) is 4.46. The van der Waals surface area contributed by atoms with E-state index in [2.05, 4.69) is 21.2 Å². The molecule has 0 heterocycles. The first-order chi connectivity index (χ1) is 14.7. The van der Waals surface area contributed by atoms with E-state index in [4.69, 9.17) is 26.2 Å². The lowest BCUT2D eigenvalue weighted by molar-refractivity contribution is 0.277. The molecule has 0 saturated carbocycles. The fourth-order valence-electron chi connectivity index (χ4n) is 2.83. The lowest BCUT2D eigenvalue weighted by atomic mass is 10.1. The molecule has 6 nitrogen and oxygen atoms in total. The molecule has 3 N–H and O–H groups in total. The third-order valence-corrected chi connectivity index (χ3v) is 6.49. The van der Waals surface area contributed by atoms with Crippen LogP contribution in [0.2, 0.25) is 5.02 Å². The minimum absolute atomic E-state index is 0.0198. The molecular formula is C21H19BrClFN2O4S. The Morgan fingerprint density at radius 1 is 1.10 bits per heavy atom. The van der Waals surface area contributed by atoms with Crippen molar-refractivity contribution in [2.45, 2.75) is 18.0 Å². The second kappa shape index (κ2) is 9.86. The first-order valence-electron chi connectivity index (χ1n) is 8.98. The van der Waals surface area contributed by atoms with Crippen molar-refractivity contribution in [2.24, 2.45) is 5.14 Å². The average Bonchev–Trinajstić information content (AvgIpc) is 2.72. The van der Waals surface area contributed by atoms with Crippen LogP contribution in [0.5, 0.6) is 11.5 Å². The summed E-state index contributed by atoms with van der Waals surface area (Å²) in [5.74, 6) is 0.429. The number of benzene rings is 3. The summed E-state index contributed by atoms with van der Waals surface area (Å²) >= 11 is 9.61. The molecule has 3 aromatic rings. The zero-order chi connectivity index (χ0) is 22.6. The van der Waals surface area contributed by atoms with Crippen molar-refractivity contribution >= 4 is 43.2 Å². The monoisotopic (exact) mass is 528 g/mol. The Balaban J connectivity index is 1.84. The van der Waals surface area contributed by atoms with E-state index in [0.29, 0.717) is 23.7 Å². The van der Waals surface area contributed by atoms with Crippen molar-refractivity contribution in [3.05, 3.63) is 81.0 Å². The predicted molar refractivity (Wildman–Crippen MR) is 122 cm³/mol. The first-order valence-corrected chi connectivity index (χ1v) is 11.7. The third kappa shape index (κ3) is 5.68. The molecule has 0 fully saturated rings. The van der Waals surface area contributed by atoms with Crippen LogP contribution in [0.15, 0.2) is 64.0 Å². The highest BCUT2D eigenvalue weighted by Gasteiger charge is 2.17. The second-order valence-electron chi connectivity index (χ2n) is 6.47. The summed E-state index contributed by atoms with van der Waals surface area (Å²) < 4.78 is 49.0. The van der Waals surface area contributed by atoms with Crippen LogP contribution >= 0.6 is 27.5 Å². The molecule has 0 spiro atoms. The molecule has 10 heteroatoms. The van der Waals surface area contributed by atoms with Gasteiger partial charge in [0.1, 0.15) is 12.4 Å². The Labute approximate surface area is 193 Å². The molecule has 164 valence electrons. The second-order valence-corrected chi connectivity index (χ2v) is 9.29. The minimum atomic E-state index is -3.76. The van der Waals surface area contributed by atoms with Crippen molar-refractivity contribution in [2.75, 3.05) is 12.4 Å². The highest BCUT2D eigenvalue weighted by Crippen LogP contribution is 2.38. The van der Waals surface area contributed by atoms with Gasteiger partial charge in [-0.15, -0.1) is 0 Å². The summed E-state index contributed by atoms with van der Waals surface area (Å²) in [5, 5.41) is 8.58. The molecule has 31 heavy (non-hydrogen) atoms. The molecule has 0 atom stereocenters. The SMILES string of the molecule is COc1ccc(Br)c(CNc2ccc(S(N)(=O)=O)cc2)c1OCc1c(F)cccc1Cl. The number of hydrogen-bond acceptors (Lipinski definition) is 5. The lowest BCUT2D eigenvalue weighted by Gasteiger charge is -2.18. The maximum Gasteiger partial charge on any atom is 0.238 e. The van der Waals surface area contributed by atoms with Gasteiger partial charge in [-0.25, -0.2) is 17.9 Å². The summed E-state index contributed by atoms with van der Waals surface area (Å²) in [5.41, 5.74) is 1.64. The largest absolute Gasteiger partial charge is 0.493 e. The molecule has 0 aliphatic heterocycles. The number of ether oxygens (including phenoxy) is 2. The minimum Gasteiger partial charge on any atom is -0.493 e. The highest BCUT2D eigenvalue weighted by molar-refractivity contribution is 9.10. The van der Waals surface area contributed by atoms with Crippen LogP contribution in [0.3, 0.4) is 0 Å². The predicted octanol–water partition coefficient (Wildman–Crippen LogP) is 5.09. The Morgan fingerprint density at radius 2 is 1.81 bits per heavy atom. The molecule has 3 rings (SSSR count). The Morgan fingerprint density at radius 3 is 2.42 bits per heavy atom. The van der Waals surface area contributed by atoms with Gasteiger partial charge < -0.3 is 14.8 Å². The topological polar surface area (TPSA) is 90.6 Å². The van der Waals surface area contributed by atoms with Crippen LogP contribution in [-0.2, 0) is 23.2 Å². The van der Waals surface area contributed by atoms with Crippen molar-refractivity contribution in [1.29, 1.82) is 0 Å². The van der Waals surface area contributed by atoms with Gasteiger partial charge in [0, 0.05) is 27.8 Å². The Hall–Kier alpha value is -2.33. The zero-order valence-electron chi connectivity index (χ0n) is 16.4. The van der Waals surface area contributed by atoms with Gasteiger partial charge in [-0.1, -0.05) is 33.6 Å². The number of primary sulfonamides is 1. The molecule has 0 aliphatic rings. The number of halogens is 3. The molecule has 0 bridgehead atoms. The van der Waals surface area contributed by atoms with Crippen LogP contribution in [0, 0.1) is 5.82 Å². The van der Waals surface area contributed by atoms with E-state index in [1.165, 1.54) is 31.4 Å². The summed E-state index contributed by atoms with van der Waals surface area (Å²) in [6.45, 7) is 0.223. The number of methoxy groups -OCH3 is 1. The van der Waals surface area contributed by atoms with Crippen LogP contribution in [0.1, 0.15) is 11.1 Å². The van der Waals surface area contributed by atoms with Gasteiger partial charge in [-0.05, 0) is 48.5 Å². The van der Waals surface area contributed by atoms with E-state index in [9.17, 15) is 12.8 Å². The number of rotatable bonds is 8. The van der Waals surface area contributed by atoms with Crippen molar-refractivity contribution in [3.63, 3.8) is 0 Å². The van der Waals surface area contributed by atoms with E-state index in [0.717, 1.165) is 10.0 Å². The summed E-state index contributed by atoms with van der Waals surface area (Å²) in [6.07, 6.45) is 0. The molecule has 3 aromatic carbocycles. The number of hydrogen-bond donors (Lipinski definition) is 2. The van der Waals surface area contributed by atoms with E-state index in [-0.39, 0.29) is 22.1 Å². The number of nitrogens with two attached hydrogens (primary N) is 1. The Bertz CT molecular complexity index is 1170. The zero-order valence-corrected chi connectivity index (χ0v) is 19.5. The van der Waals surface area contributed by atoms with Crippen molar-refractivity contribution in [3.8, 4) is 11.5 Å². The Kier molecular flexibility index (Phi) is 7.42. The van der Waals surface area contributed by atoms with Gasteiger partial charge in [0.15, 0.2) is 11.5 Å². The normalized spacial score (nSPS) is 11.3. The average molecular weight is 530 g/mol. The number of nitrogens with one attached hydrogen (secondary N) is 1. The van der Waals surface area contributed by atoms with Gasteiger partial charge in [-0.2, -0.15) is 0 Å². The smallest absolute Gasteiger partial charge is 0.238 e. The molecule has 0 aromatic heterocycles. The maximum absolute atomic E-state index is 14.1. The van der Waals surface area contributed by atoms with E-state index >= 15 is 0 Å². The molecule has 0 unspecified atom stereocenters. The highest BCUT2D eigenvalue weighted by atomic mass is 79.9. The van der Waals surface area contributed by atoms with E-state index in [1.54, 1.807) is 24.3 Å². The first kappa shape index (κ1) is 23.3. The lowest BCUT2D eigenvalue weighted by Crippen LogP contribution is -2.12. The van der Waals surface area contributed by atoms with Gasteiger partial charge in [0.25, 0.3) is 0 Å². The molecule has 0 aliphatic carbocycles. The van der Waals surface area contributed by atoms with Crippen LogP contribution in [-0.4, -0.2) is 15.5 Å². The molecular weight excluding hydrogens is 511 g/mol. The van der Waals surface area contributed by atoms with Gasteiger partial charge in [0.2, 0.25) is 10.0 Å². The molecule has 0 radical (unpaired) electrons. The van der Waals surface area contributed by atoms with Gasteiger partial charge >= 0.3 is 0 Å². The van der Waals surface area contributed by atoms with E-state index in [1.807, 2.05) is 6.07 Å². The van der Waals surface area contributed by atoms with E-state index < -0.39 is 15.8 Å². The van der Waals surface area contributed by atoms with Gasteiger partial charge in [-0.3, -0.25) is 0 Å². The number of sulfonamides is 1. The fraction of sp³-hybridized carbons (Fsp3) is 0.143. The van der Waals surface area contributed by atoms with Crippen molar-refractivity contribution < 1.29 is 22.3 Å². The van der Waals surface area contributed by atoms with Gasteiger partial charge in [0.05, 0.1) is 17.0 Å². The standard InChI is InChI=1S/C21H19BrClFN2O4S/c1-29-20-10-9-17(22)15(11-26-13-5-7-14(8-6-13)31(25,27)28)21(20)30-12-16-18(23)3-2-4-19(16)24/h2-10,26H,11-12H2,1H3,(H2,25,27,28). The summed E-state index contributed by atoms with van der Waals surface area (Å²) in [7, 11) is -2.25. The van der Waals surface area contributed by atoms with Crippen LogP contribution < -0.4 is 19.9 Å². The quantitative estimate of drug-likeness (QED) is 0.424. The fourth-order valence-corrected chi connectivity index (χ4v) is 4.02. The van der Waals surface area contributed by atoms with Crippen molar-refractivity contribution in [1.82, 2.24) is 0 Å². The summed E-state index contributed by atoms with van der Waals surface area (Å²) in [6, 6.07) is 14.0. The molecule has 0 saturated heterocycles. The number of anilines is 1.